The molecule has 7 heteroatoms. The van der Waals surface area contributed by atoms with Crippen molar-refractivity contribution < 1.29 is 9.53 Å². The topological polar surface area (TPSA) is 67.7 Å². The highest BCUT2D eigenvalue weighted by atomic mass is 16.5. The van der Waals surface area contributed by atoms with Crippen LogP contribution in [-0.2, 0) is 16.1 Å². The SMILES string of the molecule is CCOC(=O)Cn1nc(N2CCN(c3ccccc3)CC2)ccc1=O. The number of carbonyl (C=O) groups excluding carboxylic acids is 1. The van der Waals surface area contributed by atoms with Crippen LogP contribution in [0.3, 0.4) is 0 Å². The van der Waals surface area contributed by atoms with Gasteiger partial charge in [0.05, 0.1) is 6.61 Å². The summed E-state index contributed by atoms with van der Waals surface area (Å²) in [7, 11) is 0. The van der Waals surface area contributed by atoms with Crippen LogP contribution < -0.4 is 15.4 Å². The van der Waals surface area contributed by atoms with Gasteiger partial charge in [0.2, 0.25) is 0 Å². The van der Waals surface area contributed by atoms with Gasteiger partial charge in [0.1, 0.15) is 12.4 Å². The van der Waals surface area contributed by atoms with Crippen LogP contribution in [0.5, 0.6) is 0 Å². The first-order valence-electron chi connectivity index (χ1n) is 8.46. The van der Waals surface area contributed by atoms with Gasteiger partial charge in [-0.05, 0) is 25.1 Å². The molecule has 0 saturated carbocycles. The van der Waals surface area contributed by atoms with E-state index >= 15 is 0 Å². The summed E-state index contributed by atoms with van der Waals surface area (Å²) < 4.78 is 6.05. The standard InChI is InChI=1S/C18H22N4O3/c1-2-25-18(24)14-22-17(23)9-8-16(19-22)21-12-10-20(11-13-21)15-6-4-3-5-7-15/h3-9H,2,10-14H2,1H3. The third-order valence-electron chi connectivity index (χ3n) is 4.16. The van der Waals surface area contributed by atoms with Gasteiger partial charge >= 0.3 is 5.97 Å². The molecule has 0 unspecified atom stereocenters. The first kappa shape index (κ1) is 17.0. The van der Waals surface area contributed by atoms with Crippen molar-refractivity contribution >= 4 is 17.5 Å². The zero-order valence-corrected chi connectivity index (χ0v) is 14.3. The van der Waals surface area contributed by atoms with Crippen molar-refractivity contribution in [3.8, 4) is 0 Å². The second-order valence-corrected chi connectivity index (χ2v) is 5.80. The third kappa shape index (κ3) is 4.17. The number of rotatable bonds is 5. The average Bonchev–Trinajstić information content (AvgIpc) is 2.65. The Balaban J connectivity index is 1.67. The Labute approximate surface area is 146 Å². The van der Waals surface area contributed by atoms with Gasteiger partial charge in [-0.15, -0.1) is 0 Å². The number of nitrogens with zero attached hydrogens (tertiary/aromatic N) is 4. The highest BCUT2D eigenvalue weighted by Gasteiger charge is 2.19. The van der Waals surface area contributed by atoms with Crippen LogP contribution in [0.15, 0.2) is 47.3 Å². The molecular weight excluding hydrogens is 320 g/mol. The molecule has 0 atom stereocenters. The van der Waals surface area contributed by atoms with Crippen LogP contribution in [0, 0.1) is 0 Å². The summed E-state index contributed by atoms with van der Waals surface area (Å²) in [6.07, 6.45) is 0. The molecule has 0 amide bonds. The number of esters is 1. The van der Waals surface area contributed by atoms with E-state index in [-0.39, 0.29) is 18.7 Å². The number of ether oxygens (including phenoxy) is 1. The predicted molar refractivity (Wildman–Crippen MR) is 96.0 cm³/mol. The smallest absolute Gasteiger partial charge is 0.327 e. The molecule has 0 N–H and O–H groups in total. The van der Waals surface area contributed by atoms with Gasteiger partial charge in [-0.2, -0.15) is 5.10 Å². The highest BCUT2D eigenvalue weighted by molar-refractivity contribution is 5.69. The van der Waals surface area contributed by atoms with E-state index in [9.17, 15) is 9.59 Å². The normalized spacial score (nSPS) is 14.4. The molecular formula is C18H22N4O3. The van der Waals surface area contributed by atoms with E-state index < -0.39 is 5.97 Å². The monoisotopic (exact) mass is 342 g/mol. The Bertz CT molecular complexity index is 767. The van der Waals surface area contributed by atoms with Crippen molar-refractivity contribution in [2.45, 2.75) is 13.5 Å². The summed E-state index contributed by atoms with van der Waals surface area (Å²) in [5.41, 5.74) is 0.905. The van der Waals surface area contributed by atoms with Crippen LogP contribution in [-0.4, -0.2) is 48.5 Å². The summed E-state index contributed by atoms with van der Waals surface area (Å²) >= 11 is 0. The molecule has 1 fully saturated rings. The molecule has 1 aromatic heterocycles. The minimum atomic E-state index is -0.455. The lowest BCUT2D eigenvalue weighted by molar-refractivity contribution is -0.144. The Morgan fingerprint density at radius 1 is 1.04 bits per heavy atom. The molecule has 1 aromatic carbocycles. The fourth-order valence-electron chi connectivity index (χ4n) is 2.88. The maximum absolute atomic E-state index is 11.9. The summed E-state index contributed by atoms with van der Waals surface area (Å²) in [4.78, 5) is 28.0. The predicted octanol–water partition coefficient (Wildman–Crippen LogP) is 1.13. The lowest BCUT2D eigenvalue weighted by atomic mass is 10.2. The maximum Gasteiger partial charge on any atom is 0.327 e. The molecule has 2 aromatic rings. The summed E-state index contributed by atoms with van der Waals surface area (Å²) in [6.45, 7) is 5.22. The van der Waals surface area contributed by atoms with E-state index in [0.717, 1.165) is 30.9 Å². The molecule has 0 aliphatic carbocycles. The minimum Gasteiger partial charge on any atom is -0.465 e. The van der Waals surface area contributed by atoms with Crippen molar-refractivity contribution in [2.24, 2.45) is 0 Å². The van der Waals surface area contributed by atoms with E-state index in [1.54, 1.807) is 13.0 Å². The number of carbonyl (C=O) groups is 1. The fourth-order valence-corrected chi connectivity index (χ4v) is 2.88. The molecule has 1 saturated heterocycles. The second-order valence-electron chi connectivity index (χ2n) is 5.80. The van der Waals surface area contributed by atoms with Gasteiger partial charge in [-0.3, -0.25) is 9.59 Å². The van der Waals surface area contributed by atoms with E-state index in [0.29, 0.717) is 5.82 Å². The Kier molecular flexibility index (Phi) is 5.33. The molecule has 25 heavy (non-hydrogen) atoms. The average molecular weight is 342 g/mol. The summed E-state index contributed by atoms with van der Waals surface area (Å²) in [6, 6.07) is 13.5. The first-order chi connectivity index (χ1) is 12.2. The van der Waals surface area contributed by atoms with E-state index in [1.807, 2.05) is 18.2 Å². The van der Waals surface area contributed by atoms with Crippen LogP contribution >= 0.6 is 0 Å². The summed E-state index contributed by atoms with van der Waals surface area (Å²) in [5, 5.41) is 4.33. The van der Waals surface area contributed by atoms with Crippen molar-refractivity contribution in [3.05, 3.63) is 52.8 Å². The van der Waals surface area contributed by atoms with Crippen LogP contribution in [0.2, 0.25) is 0 Å². The van der Waals surface area contributed by atoms with E-state index in [2.05, 4.69) is 27.0 Å². The van der Waals surface area contributed by atoms with Crippen LogP contribution in [0.25, 0.3) is 0 Å². The second kappa shape index (κ2) is 7.83. The van der Waals surface area contributed by atoms with Crippen molar-refractivity contribution in [2.75, 3.05) is 42.6 Å². The Morgan fingerprint density at radius 3 is 2.40 bits per heavy atom. The zero-order chi connectivity index (χ0) is 17.6. The lowest BCUT2D eigenvalue weighted by Crippen LogP contribution is -2.47. The maximum atomic E-state index is 11.9. The lowest BCUT2D eigenvalue weighted by Gasteiger charge is -2.36. The molecule has 132 valence electrons. The minimum absolute atomic E-state index is 0.162. The molecule has 1 aliphatic rings. The number of benzene rings is 1. The number of piperazine rings is 1. The Hall–Kier alpha value is -2.83. The first-order valence-corrected chi connectivity index (χ1v) is 8.46. The van der Waals surface area contributed by atoms with Gasteiger partial charge in [-0.25, -0.2) is 4.68 Å². The molecule has 1 aliphatic heterocycles. The molecule has 0 radical (unpaired) electrons. The van der Waals surface area contributed by atoms with Crippen LogP contribution in [0.4, 0.5) is 11.5 Å². The molecule has 3 rings (SSSR count). The number of aromatic nitrogens is 2. The van der Waals surface area contributed by atoms with Gasteiger partial charge in [0.25, 0.3) is 5.56 Å². The third-order valence-corrected chi connectivity index (χ3v) is 4.16. The van der Waals surface area contributed by atoms with Crippen molar-refractivity contribution in [1.82, 2.24) is 9.78 Å². The number of para-hydroxylation sites is 1. The number of hydrogen-bond acceptors (Lipinski definition) is 6. The van der Waals surface area contributed by atoms with Crippen molar-refractivity contribution in [1.29, 1.82) is 0 Å². The van der Waals surface area contributed by atoms with E-state index in [1.165, 1.54) is 11.8 Å². The largest absolute Gasteiger partial charge is 0.465 e. The molecule has 7 nitrogen and oxygen atoms in total. The van der Waals surface area contributed by atoms with Crippen molar-refractivity contribution in [3.63, 3.8) is 0 Å². The zero-order valence-electron chi connectivity index (χ0n) is 14.3. The quantitative estimate of drug-likeness (QED) is 0.759. The van der Waals surface area contributed by atoms with Crippen LogP contribution in [0.1, 0.15) is 6.92 Å². The van der Waals surface area contributed by atoms with Gasteiger partial charge < -0.3 is 14.5 Å². The summed E-state index contributed by atoms with van der Waals surface area (Å²) in [5.74, 6) is 0.250. The van der Waals surface area contributed by atoms with E-state index in [4.69, 9.17) is 4.74 Å². The van der Waals surface area contributed by atoms with Gasteiger partial charge in [0.15, 0.2) is 0 Å². The van der Waals surface area contributed by atoms with Gasteiger partial charge in [-0.1, -0.05) is 18.2 Å². The Morgan fingerprint density at radius 2 is 1.72 bits per heavy atom. The molecule has 0 spiro atoms. The number of hydrogen-bond donors (Lipinski definition) is 0. The highest BCUT2D eigenvalue weighted by Crippen LogP contribution is 2.18. The molecule has 2 heterocycles. The fraction of sp³-hybridized carbons (Fsp3) is 0.389. The molecule has 0 bridgehead atoms. The van der Waals surface area contributed by atoms with Gasteiger partial charge in [0, 0.05) is 37.9 Å². The number of anilines is 2.